The van der Waals surface area contributed by atoms with Crippen molar-refractivity contribution in [2.45, 2.75) is 27.2 Å². The third-order valence-electron chi connectivity index (χ3n) is 5.29. The fraction of sp³-hybridized carbons (Fsp3) is 0.625. The van der Waals surface area contributed by atoms with Gasteiger partial charge in [0.2, 0.25) is 0 Å². The third-order valence-corrected chi connectivity index (χ3v) is 5.29. The molecule has 7 heteroatoms. The van der Waals surface area contributed by atoms with Crippen molar-refractivity contribution >= 4 is 11.9 Å². The van der Waals surface area contributed by atoms with Gasteiger partial charge in [-0.3, -0.25) is 14.4 Å². The van der Waals surface area contributed by atoms with Crippen molar-refractivity contribution in [1.82, 2.24) is 14.9 Å². The van der Waals surface area contributed by atoms with Crippen molar-refractivity contribution in [3.63, 3.8) is 0 Å². The zero-order valence-electron chi connectivity index (χ0n) is 13.8. The predicted molar refractivity (Wildman–Crippen MR) is 81.8 cm³/mol. The Morgan fingerprint density at radius 2 is 2.13 bits per heavy atom. The first kappa shape index (κ1) is 15.7. The van der Waals surface area contributed by atoms with E-state index in [2.05, 4.69) is 23.8 Å². The standard InChI is InChI=1S/C16H21N3O4/c1-9-17-5-10(12(20)18-9)13(21)19-6-11-15(2,3)7-16(11,8-19)14(22)23-4/h5,11H,6-8H2,1-4H3,(H,17,18,20)/t11-,16+/m1/s1. The SMILES string of the molecule is COC(=O)[C@@]12CN(C(=O)c3cnc(C)[nH]c3=O)C[C@@H]1C(C)(C)C2. The van der Waals surface area contributed by atoms with Crippen LogP contribution in [0.3, 0.4) is 0 Å². The number of amides is 1. The molecule has 1 aliphatic heterocycles. The number of aromatic amines is 1. The van der Waals surface area contributed by atoms with Gasteiger partial charge in [-0.05, 0) is 24.7 Å². The maximum Gasteiger partial charge on any atom is 0.314 e. The van der Waals surface area contributed by atoms with Gasteiger partial charge in [-0.1, -0.05) is 13.8 Å². The van der Waals surface area contributed by atoms with Gasteiger partial charge < -0.3 is 14.6 Å². The largest absolute Gasteiger partial charge is 0.469 e. The lowest BCUT2D eigenvalue weighted by Gasteiger charge is -2.54. The van der Waals surface area contributed by atoms with Crippen LogP contribution in [0.1, 0.15) is 36.5 Å². The second-order valence-corrected chi connectivity index (χ2v) is 7.26. The monoisotopic (exact) mass is 319 g/mol. The number of likely N-dealkylation sites (tertiary alicyclic amines) is 1. The number of ether oxygens (including phenoxy) is 1. The summed E-state index contributed by atoms with van der Waals surface area (Å²) in [5.74, 6) is -0.149. The van der Waals surface area contributed by atoms with E-state index >= 15 is 0 Å². The Labute approximate surface area is 134 Å². The minimum absolute atomic E-state index is 0.00900. The lowest BCUT2D eigenvalue weighted by atomic mass is 9.48. The van der Waals surface area contributed by atoms with Gasteiger partial charge in [0.15, 0.2) is 0 Å². The molecule has 1 N–H and O–H groups in total. The first-order valence-electron chi connectivity index (χ1n) is 7.65. The van der Waals surface area contributed by atoms with Gasteiger partial charge in [-0.25, -0.2) is 4.98 Å². The summed E-state index contributed by atoms with van der Waals surface area (Å²) in [6.07, 6.45) is 1.98. The molecule has 0 aromatic carbocycles. The van der Waals surface area contributed by atoms with E-state index in [1.165, 1.54) is 13.3 Å². The fourth-order valence-corrected chi connectivity index (χ4v) is 4.33. The molecule has 2 aliphatic rings. The van der Waals surface area contributed by atoms with E-state index in [4.69, 9.17) is 4.74 Å². The van der Waals surface area contributed by atoms with E-state index < -0.39 is 11.0 Å². The molecule has 1 aromatic rings. The molecule has 1 amide bonds. The first-order chi connectivity index (χ1) is 10.7. The maximum absolute atomic E-state index is 12.7. The topological polar surface area (TPSA) is 92.4 Å². The molecule has 0 bridgehead atoms. The molecule has 2 atom stereocenters. The van der Waals surface area contributed by atoms with Crippen molar-refractivity contribution in [2.24, 2.45) is 16.7 Å². The zero-order valence-corrected chi connectivity index (χ0v) is 13.8. The Morgan fingerprint density at radius 3 is 2.70 bits per heavy atom. The van der Waals surface area contributed by atoms with Crippen molar-refractivity contribution in [3.05, 3.63) is 27.9 Å². The van der Waals surface area contributed by atoms with Crippen LogP contribution < -0.4 is 5.56 Å². The Kier molecular flexibility index (Phi) is 3.35. The van der Waals surface area contributed by atoms with E-state index in [0.717, 1.165) is 0 Å². The van der Waals surface area contributed by atoms with Crippen molar-refractivity contribution in [1.29, 1.82) is 0 Å². The fourth-order valence-electron chi connectivity index (χ4n) is 4.33. The van der Waals surface area contributed by atoms with Crippen molar-refractivity contribution in [2.75, 3.05) is 20.2 Å². The summed E-state index contributed by atoms with van der Waals surface area (Å²) in [6.45, 7) is 6.58. The summed E-state index contributed by atoms with van der Waals surface area (Å²) >= 11 is 0. The Hall–Kier alpha value is -2.18. The van der Waals surface area contributed by atoms with Gasteiger partial charge >= 0.3 is 5.97 Å². The molecule has 0 spiro atoms. The number of hydrogen-bond donors (Lipinski definition) is 1. The Morgan fingerprint density at radius 1 is 1.43 bits per heavy atom. The summed E-state index contributed by atoms with van der Waals surface area (Å²) in [7, 11) is 1.37. The highest BCUT2D eigenvalue weighted by molar-refractivity contribution is 5.94. The van der Waals surface area contributed by atoms with Crippen molar-refractivity contribution < 1.29 is 14.3 Å². The normalized spacial score (nSPS) is 28.0. The second-order valence-electron chi connectivity index (χ2n) is 7.26. The molecule has 1 aromatic heterocycles. The quantitative estimate of drug-likeness (QED) is 0.812. The van der Waals surface area contributed by atoms with Crippen LogP contribution in [-0.2, 0) is 9.53 Å². The number of fused-ring (bicyclic) bond motifs is 1. The Bertz CT molecular complexity index is 739. The minimum atomic E-state index is -0.640. The average molecular weight is 319 g/mol. The van der Waals surface area contributed by atoms with E-state index in [9.17, 15) is 14.4 Å². The summed E-state index contributed by atoms with van der Waals surface area (Å²) in [4.78, 5) is 45.0. The van der Waals surface area contributed by atoms with Gasteiger partial charge in [0, 0.05) is 19.3 Å². The van der Waals surface area contributed by atoms with Crippen LogP contribution >= 0.6 is 0 Å². The van der Waals surface area contributed by atoms with Crippen LogP contribution in [0.5, 0.6) is 0 Å². The van der Waals surface area contributed by atoms with Gasteiger partial charge in [0.25, 0.3) is 11.5 Å². The zero-order chi connectivity index (χ0) is 17.0. The maximum atomic E-state index is 12.7. The molecule has 1 aliphatic carbocycles. The molecule has 3 rings (SSSR count). The smallest absolute Gasteiger partial charge is 0.314 e. The van der Waals surface area contributed by atoms with E-state index in [1.54, 1.807) is 11.8 Å². The lowest BCUT2D eigenvalue weighted by molar-refractivity contribution is -0.174. The predicted octanol–water partition coefficient (Wildman–Crippen LogP) is 0.740. The molecule has 23 heavy (non-hydrogen) atoms. The highest BCUT2D eigenvalue weighted by Crippen LogP contribution is 2.63. The molecule has 2 heterocycles. The Balaban J connectivity index is 1.90. The number of esters is 1. The molecule has 1 saturated heterocycles. The van der Waals surface area contributed by atoms with E-state index in [-0.39, 0.29) is 28.8 Å². The third kappa shape index (κ3) is 2.17. The van der Waals surface area contributed by atoms with E-state index in [1.807, 2.05) is 0 Å². The molecule has 0 unspecified atom stereocenters. The summed E-state index contributed by atoms with van der Waals surface area (Å²) in [5.41, 5.74) is -1.11. The molecule has 1 saturated carbocycles. The molecular formula is C16H21N3O4. The lowest BCUT2D eigenvalue weighted by Crippen LogP contribution is -2.57. The molecule has 7 nitrogen and oxygen atoms in total. The highest BCUT2D eigenvalue weighted by Gasteiger charge is 2.68. The van der Waals surface area contributed by atoms with Crippen LogP contribution in [0.25, 0.3) is 0 Å². The molecule has 2 fully saturated rings. The van der Waals surface area contributed by atoms with Gasteiger partial charge in [-0.2, -0.15) is 0 Å². The molecule has 0 radical (unpaired) electrons. The van der Waals surface area contributed by atoms with Crippen LogP contribution in [0, 0.1) is 23.7 Å². The number of carbonyl (C=O) groups is 2. The number of carbonyl (C=O) groups excluding carboxylic acids is 2. The highest BCUT2D eigenvalue weighted by atomic mass is 16.5. The first-order valence-corrected chi connectivity index (χ1v) is 7.65. The number of hydrogen-bond acceptors (Lipinski definition) is 5. The van der Waals surface area contributed by atoms with E-state index in [0.29, 0.717) is 25.3 Å². The summed E-state index contributed by atoms with van der Waals surface area (Å²) in [6, 6.07) is 0. The van der Waals surface area contributed by atoms with Gasteiger partial charge in [-0.15, -0.1) is 0 Å². The van der Waals surface area contributed by atoms with Crippen LogP contribution in [0.2, 0.25) is 0 Å². The summed E-state index contributed by atoms with van der Waals surface area (Å²) < 4.78 is 4.97. The number of aromatic nitrogens is 2. The molecular weight excluding hydrogens is 298 g/mol. The van der Waals surface area contributed by atoms with Gasteiger partial charge in [0.05, 0.1) is 12.5 Å². The number of methoxy groups -OCH3 is 1. The van der Waals surface area contributed by atoms with Crippen molar-refractivity contribution in [3.8, 4) is 0 Å². The number of nitrogens with zero attached hydrogens (tertiary/aromatic N) is 2. The average Bonchev–Trinajstić information content (AvgIpc) is 2.82. The number of aryl methyl sites for hydroxylation is 1. The minimum Gasteiger partial charge on any atom is -0.469 e. The van der Waals surface area contributed by atoms with Crippen LogP contribution in [-0.4, -0.2) is 46.9 Å². The van der Waals surface area contributed by atoms with Crippen LogP contribution in [0.4, 0.5) is 0 Å². The van der Waals surface area contributed by atoms with Crippen LogP contribution in [0.15, 0.2) is 11.0 Å². The number of H-pyrrole nitrogens is 1. The number of rotatable bonds is 2. The number of nitrogens with one attached hydrogen (secondary N) is 1. The van der Waals surface area contributed by atoms with Gasteiger partial charge in [0.1, 0.15) is 11.4 Å². The summed E-state index contributed by atoms with van der Waals surface area (Å²) in [5, 5.41) is 0. The molecule has 124 valence electrons. The second kappa shape index (κ2) is 4.91.